The maximum Gasteiger partial charge on any atom is 0.0636 e. The smallest absolute Gasteiger partial charge is 0.0616 e. The minimum Gasteiger partial charge on any atom is -0.0616 e. The van der Waals surface area contributed by atoms with E-state index in [9.17, 15) is 9.60 Å². The zero-order valence-electron chi connectivity index (χ0n) is 47.0. The predicted molar refractivity (Wildman–Crippen MR) is 182 cm³/mol. The first kappa shape index (κ1) is 9.28. The second-order valence-electron chi connectivity index (χ2n) is 9.25. The molecule has 0 heterocycles. The van der Waals surface area contributed by atoms with E-state index < -0.39 is 244 Å². The van der Waals surface area contributed by atoms with Crippen LogP contribution in [0.2, 0.25) is 0 Å². The van der Waals surface area contributed by atoms with Gasteiger partial charge in [0.15, 0.2) is 0 Å². The van der Waals surface area contributed by atoms with Gasteiger partial charge in [-0.2, -0.15) is 0 Å². The zero-order chi connectivity index (χ0) is 50.2. The lowest BCUT2D eigenvalue weighted by atomic mass is 9.87. The van der Waals surface area contributed by atoms with E-state index in [0.29, 0.717) is 0 Å². The first-order valence-electron chi connectivity index (χ1n) is 25.5. The van der Waals surface area contributed by atoms with Crippen LogP contribution >= 0.6 is 0 Å². The molecule has 9 rings (SSSR count). The number of hydrogen-bond donors (Lipinski definition) is 0. The second-order valence-corrected chi connectivity index (χ2v) is 9.25. The highest BCUT2D eigenvalue weighted by molar-refractivity contribution is 6.23. The van der Waals surface area contributed by atoms with E-state index in [-0.39, 0.29) is 0 Å². The van der Waals surface area contributed by atoms with Crippen LogP contribution in [0.5, 0.6) is 0 Å². The summed E-state index contributed by atoms with van der Waals surface area (Å²) in [5.74, 6) is 0. The third-order valence-corrected chi connectivity index (χ3v) is 7.00. The minimum absolute atomic E-state index is 0.529. The van der Waals surface area contributed by atoms with Crippen LogP contribution in [0.3, 0.4) is 0 Å². The lowest BCUT2D eigenvalue weighted by molar-refractivity contribution is 1.66. The molecule has 194 valence electrons. The summed E-state index contributed by atoms with van der Waals surface area (Å²) in [4.78, 5) is 0. The van der Waals surface area contributed by atoms with Gasteiger partial charge in [-0.05, 0) is 99.0 Å². The second kappa shape index (κ2) is 9.03. The Morgan fingerprint density at radius 3 is 1.48 bits per heavy atom. The fourth-order valence-electron chi connectivity index (χ4n) is 5.22. The molecule has 0 bridgehead atoms. The first-order chi connectivity index (χ1) is 31.7. The molecule has 0 atom stereocenters. The summed E-state index contributed by atoms with van der Waals surface area (Å²) in [5.41, 5.74) is -3.00. The maximum absolute atomic E-state index is 9.70. The molecule has 0 unspecified atom stereocenters. The molecule has 42 heavy (non-hydrogen) atoms. The molecule has 0 fully saturated rings. The first-order valence-corrected chi connectivity index (χ1v) is 12.5. The monoisotopic (exact) mass is 556 g/mol. The van der Waals surface area contributed by atoms with Gasteiger partial charge in [0, 0.05) is 0 Å². The maximum atomic E-state index is 9.70. The van der Waals surface area contributed by atoms with Crippen molar-refractivity contribution < 1.29 is 35.6 Å². The summed E-state index contributed by atoms with van der Waals surface area (Å²) in [6.45, 7) is 0. The molecule has 9 aromatic rings. The molecule has 9 aromatic carbocycles. The Balaban J connectivity index is 1.62. The zero-order valence-corrected chi connectivity index (χ0v) is 21.0. The molecule has 0 radical (unpaired) electrons. The fraction of sp³-hybridized carbons (Fsp3) is 0. The Morgan fingerprint density at radius 2 is 0.762 bits per heavy atom. The van der Waals surface area contributed by atoms with Gasteiger partial charge in [-0.3, -0.25) is 0 Å². The van der Waals surface area contributed by atoms with Crippen LogP contribution in [0.4, 0.5) is 0 Å². The Labute approximate surface area is 280 Å². The van der Waals surface area contributed by atoms with Crippen molar-refractivity contribution >= 4 is 64.6 Å². The van der Waals surface area contributed by atoms with Gasteiger partial charge in [0.2, 0.25) is 0 Å². The SMILES string of the molecule is [2H]c1c([2H])c(-c2c3c([2H])c([2H])c([2H])c([2H])c3c([2H])c3c([2H])c([2H])c4c([2H])c([2H])c([2H])c([2H])c4c23)c([2H])c([2H])c1-c1c2c([2H])c([2H])c([2H])c([2H])c2c([2H])c2c1c([2H])c([2H])c1c([2H])c([2H])c([2H])c([2H])c12. The van der Waals surface area contributed by atoms with E-state index in [1.807, 2.05) is 0 Å². The molecule has 0 aliphatic heterocycles. The van der Waals surface area contributed by atoms with Gasteiger partial charge in [-0.1, -0.05) is 145 Å². The van der Waals surface area contributed by atoms with Crippen molar-refractivity contribution in [1.29, 1.82) is 0 Å². The van der Waals surface area contributed by atoms with Gasteiger partial charge in [0.25, 0.3) is 0 Å². The third kappa shape index (κ3) is 3.42. The van der Waals surface area contributed by atoms with Gasteiger partial charge in [-0.25, -0.2) is 0 Å². The van der Waals surface area contributed by atoms with Crippen LogP contribution < -0.4 is 0 Å². The average molecular weight is 557 g/mol. The van der Waals surface area contributed by atoms with E-state index in [2.05, 4.69) is 0 Å². The summed E-state index contributed by atoms with van der Waals surface area (Å²) in [7, 11) is 0. The van der Waals surface area contributed by atoms with Gasteiger partial charge in [0.05, 0.1) is 35.6 Å². The lowest BCUT2D eigenvalue weighted by Gasteiger charge is -2.16. The summed E-state index contributed by atoms with van der Waals surface area (Å²) in [6, 6.07) is -23.0. The summed E-state index contributed by atoms with van der Waals surface area (Å²) in [5, 5.41) is -7.11. The Morgan fingerprint density at radius 1 is 0.286 bits per heavy atom. The van der Waals surface area contributed by atoms with Crippen LogP contribution in [-0.4, -0.2) is 0 Å². The highest BCUT2D eigenvalue weighted by Crippen LogP contribution is 2.43. The third-order valence-electron chi connectivity index (χ3n) is 7.00. The van der Waals surface area contributed by atoms with Crippen LogP contribution in [0.25, 0.3) is 86.9 Å². The molecule has 0 nitrogen and oxygen atoms in total. The van der Waals surface area contributed by atoms with E-state index in [1.165, 1.54) is 0 Å². The van der Waals surface area contributed by atoms with E-state index in [0.717, 1.165) is 0 Å². The van der Waals surface area contributed by atoms with E-state index in [1.54, 1.807) is 0 Å². The molecule has 0 aromatic heterocycles. The molecule has 0 heteroatoms. The van der Waals surface area contributed by atoms with Crippen molar-refractivity contribution in [2.75, 3.05) is 0 Å². The quantitative estimate of drug-likeness (QED) is 0.147. The minimum atomic E-state index is -1.08. The highest BCUT2D eigenvalue weighted by Gasteiger charge is 2.15. The normalized spacial score (nSPS) is 20.5. The van der Waals surface area contributed by atoms with Crippen LogP contribution in [0, 0.1) is 0 Å². The Hall–Kier alpha value is -5.46. The number of fused-ring (bicyclic) bond motifs is 8. The molecular weight excluding hydrogens is 504 g/mol. The number of benzene rings is 9. The van der Waals surface area contributed by atoms with Crippen molar-refractivity contribution in [3.05, 3.63) is 157 Å². The predicted octanol–water partition coefficient (Wildman–Crippen LogP) is 11.9. The molecule has 0 aliphatic rings. The highest BCUT2D eigenvalue weighted by atomic mass is 14.2. The van der Waals surface area contributed by atoms with Crippen molar-refractivity contribution in [2.24, 2.45) is 0 Å². The van der Waals surface area contributed by atoms with Gasteiger partial charge in [0.1, 0.15) is 0 Å². The molecular formula is C42H26. The van der Waals surface area contributed by atoms with Crippen LogP contribution in [0.15, 0.2) is 157 Å². The molecule has 0 amide bonds. The van der Waals surface area contributed by atoms with Crippen LogP contribution in [-0.2, 0) is 0 Å². The molecule has 0 saturated carbocycles. The lowest BCUT2D eigenvalue weighted by Crippen LogP contribution is -1.89. The molecule has 0 N–H and O–H groups in total. The molecule has 0 saturated heterocycles. The molecule has 0 spiro atoms. The summed E-state index contributed by atoms with van der Waals surface area (Å²) in [6.07, 6.45) is 0. The van der Waals surface area contributed by atoms with E-state index >= 15 is 0 Å². The topological polar surface area (TPSA) is 0 Å². The van der Waals surface area contributed by atoms with Crippen molar-refractivity contribution in [1.82, 2.24) is 0 Å². The van der Waals surface area contributed by atoms with Gasteiger partial charge < -0.3 is 0 Å². The largest absolute Gasteiger partial charge is 0.0636 e. The van der Waals surface area contributed by atoms with Crippen molar-refractivity contribution in [3.63, 3.8) is 0 Å². The van der Waals surface area contributed by atoms with Crippen molar-refractivity contribution in [3.8, 4) is 22.3 Å². The molecule has 0 aliphatic carbocycles. The number of rotatable bonds is 2. The van der Waals surface area contributed by atoms with Crippen molar-refractivity contribution in [2.45, 2.75) is 0 Å². The Bertz CT molecular complexity index is 3940. The Kier molecular flexibility index (Phi) is 1.99. The standard InChI is InChI=1S/C42H26/c1-5-13-34-27(9-1)23-24-38-39(34)26-32-12-4-7-15-36(32)40(38)29-18-20-30(21-19-29)41-37-16-8-3-11-31(37)25-33-22-17-28-10-2-6-14-35(28)42(33)41/h1-26H/i1D,2D,3D,4D,5D,6D,7D,8D,9D,10D,11D,12D,13D,14D,15D,16D,17D,18D,19D,20D,21D,22D,23D,24D,25D,26D. The van der Waals surface area contributed by atoms with Gasteiger partial charge >= 0.3 is 0 Å². The van der Waals surface area contributed by atoms with Crippen LogP contribution in [0.1, 0.15) is 35.6 Å². The summed E-state index contributed by atoms with van der Waals surface area (Å²) < 4.78 is 233. The van der Waals surface area contributed by atoms with Gasteiger partial charge in [-0.15, -0.1) is 0 Å². The average Bonchev–Trinajstić information content (AvgIpc) is 3.30. The fourth-order valence-corrected chi connectivity index (χ4v) is 5.22. The van der Waals surface area contributed by atoms with E-state index in [4.69, 9.17) is 26.0 Å². The number of hydrogen-bond acceptors (Lipinski definition) is 0. The summed E-state index contributed by atoms with van der Waals surface area (Å²) >= 11 is 0.